The van der Waals surface area contributed by atoms with E-state index in [1.807, 2.05) is 6.07 Å². The molecule has 0 aliphatic carbocycles. The van der Waals surface area contributed by atoms with Crippen molar-refractivity contribution in [3.63, 3.8) is 0 Å². The summed E-state index contributed by atoms with van der Waals surface area (Å²) in [5.41, 5.74) is 2.99. The average molecular weight is 525 g/mol. The molecule has 0 spiro atoms. The first-order valence-electron chi connectivity index (χ1n) is 10.6. The number of hydrogen-bond donors (Lipinski definition) is 1. The third-order valence-electron chi connectivity index (χ3n) is 5.82. The molecule has 0 amide bonds. The third-order valence-corrected chi connectivity index (χ3v) is 6.50. The summed E-state index contributed by atoms with van der Waals surface area (Å²) in [6.45, 7) is 0. The molecule has 173 valence electrons. The van der Waals surface area contributed by atoms with E-state index in [1.54, 1.807) is 41.2 Å². The van der Waals surface area contributed by atoms with Crippen LogP contribution in [0.25, 0.3) is 28.2 Å². The average Bonchev–Trinajstić information content (AvgIpc) is 3.58. The minimum Gasteiger partial charge on any atom is -0.339 e. The van der Waals surface area contributed by atoms with Crippen molar-refractivity contribution in [2.45, 2.75) is 18.9 Å². The Morgan fingerprint density at radius 2 is 2.00 bits per heavy atom. The van der Waals surface area contributed by atoms with Gasteiger partial charge in [0.05, 0.1) is 35.5 Å². The second-order valence-corrected chi connectivity index (χ2v) is 9.11. The number of aryl methyl sites for hydroxylation is 1. The predicted octanol–water partition coefficient (Wildman–Crippen LogP) is 4.57. The zero-order valence-electron chi connectivity index (χ0n) is 17.8. The van der Waals surface area contributed by atoms with E-state index in [1.165, 1.54) is 10.7 Å². The van der Waals surface area contributed by atoms with Crippen LogP contribution in [-0.4, -0.2) is 39.5 Å². The zero-order valence-corrected chi connectivity index (χ0v) is 20.1. The van der Waals surface area contributed by atoms with Gasteiger partial charge in [-0.15, -0.1) is 5.10 Å². The minimum atomic E-state index is -0.318. The molecule has 4 aromatic heterocycles. The Labute approximate surface area is 213 Å². The van der Waals surface area contributed by atoms with Gasteiger partial charge in [-0.2, -0.15) is 0 Å². The molecule has 12 heteroatoms. The van der Waals surface area contributed by atoms with Gasteiger partial charge in [-0.25, -0.2) is 14.6 Å². The molecule has 1 atom stereocenters. The number of hydrogen-bond acceptors (Lipinski definition) is 6. The van der Waals surface area contributed by atoms with Crippen LogP contribution in [0.3, 0.4) is 0 Å². The Morgan fingerprint density at radius 1 is 1.11 bits per heavy atom. The lowest BCUT2D eigenvalue weighted by atomic mass is 10.1. The van der Waals surface area contributed by atoms with Crippen LogP contribution < -0.4 is 5.56 Å². The van der Waals surface area contributed by atoms with E-state index < -0.39 is 0 Å². The van der Waals surface area contributed by atoms with Gasteiger partial charge >= 0.3 is 0 Å². The molecule has 0 saturated carbocycles. The van der Waals surface area contributed by atoms with Crippen molar-refractivity contribution >= 4 is 34.8 Å². The quantitative estimate of drug-likeness (QED) is 0.369. The van der Waals surface area contributed by atoms with Crippen LogP contribution in [0.5, 0.6) is 0 Å². The largest absolute Gasteiger partial charge is 0.339 e. The lowest BCUT2D eigenvalue weighted by Crippen LogP contribution is -2.25. The third kappa shape index (κ3) is 3.91. The fourth-order valence-electron chi connectivity index (χ4n) is 4.30. The molecule has 1 N–H and O–H groups in total. The Bertz CT molecular complexity index is 1630. The van der Waals surface area contributed by atoms with Gasteiger partial charge in [0.1, 0.15) is 11.6 Å². The molecule has 9 nitrogen and oxygen atoms in total. The predicted molar refractivity (Wildman–Crippen MR) is 131 cm³/mol. The summed E-state index contributed by atoms with van der Waals surface area (Å²) < 4.78 is 3.17. The van der Waals surface area contributed by atoms with E-state index in [2.05, 4.69) is 31.5 Å². The monoisotopic (exact) mass is 523 g/mol. The van der Waals surface area contributed by atoms with Crippen molar-refractivity contribution in [1.82, 2.24) is 39.5 Å². The highest BCUT2D eigenvalue weighted by atomic mass is 35.5. The summed E-state index contributed by atoms with van der Waals surface area (Å²) in [6, 6.07) is 9.94. The smallest absolute Gasteiger partial charge is 0.254 e. The molecule has 0 unspecified atom stereocenters. The molecule has 1 aliphatic rings. The highest BCUT2D eigenvalue weighted by Gasteiger charge is 2.30. The van der Waals surface area contributed by atoms with Gasteiger partial charge in [0.2, 0.25) is 0 Å². The molecular formula is C23H14Cl3N8O. The summed E-state index contributed by atoms with van der Waals surface area (Å²) in [7, 11) is 0. The Balaban J connectivity index is 1.42. The van der Waals surface area contributed by atoms with Gasteiger partial charge in [-0.1, -0.05) is 40.0 Å². The second kappa shape index (κ2) is 8.60. The summed E-state index contributed by atoms with van der Waals surface area (Å²) in [4.78, 5) is 29.9. The van der Waals surface area contributed by atoms with E-state index in [0.29, 0.717) is 57.3 Å². The van der Waals surface area contributed by atoms with Crippen LogP contribution in [0.2, 0.25) is 15.3 Å². The number of fused-ring (bicyclic) bond motifs is 1. The van der Waals surface area contributed by atoms with Crippen molar-refractivity contribution in [1.29, 1.82) is 0 Å². The van der Waals surface area contributed by atoms with Gasteiger partial charge < -0.3 is 4.98 Å². The highest BCUT2D eigenvalue weighted by Crippen LogP contribution is 2.34. The SMILES string of the molecule is O=c1cc(-c2cc(Cl)ccc2-n2cc(Cl)nn2)nc2n1[C@H](c1nc(Cl)c(-c3cc[c]nc3)[nH]1)CC2. The van der Waals surface area contributed by atoms with Gasteiger partial charge in [0, 0.05) is 34.8 Å². The van der Waals surface area contributed by atoms with Crippen molar-refractivity contribution in [2.24, 2.45) is 0 Å². The van der Waals surface area contributed by atoms with Crippen molar-refractivity contribution in [3.05, 3.63) is 92.3 Å². The molecule has 0 saturated heterocycles. The van der Waals surface area contributed by atoms with Crippen LogP contribution in [0.1, 0.15) is 24.1 Å². The van der Waals surface area contributed by atoms with Gasteiger partial charge in [0.25, 0.3) is 5.56 Å². The number of pyridine rings is 1. The Morgan fingerprint density at radius 3 is 2.77 bits per heavy atom. The maximum atomic E-state index is 13.3. The van der Waals surface area contributed by atoms with Gasteiger partial charge in [0.15, 0.2) is 10.3 Å². The van der Waals surface area contributed by atoms with Crippen LogP contribution in [0.15, 0.2) is 53.6 Å². The molecular weight excluding hydrogens is 511 g/mol. The first kappa shape index (κ1) is 22.0. The summed E-state index contributed by atoms with van der Waals surface area (Å²) in [6.07, 6.45) is 7.20. The molecule has 0 bridgehead atoms. The molecule has 5 heterocycles. The zero-order chi connectivity index (χ0) is 24.1. The summed E-state index contributed by atoms with van der Waals surface area (Å²) >= 11 is 18.6. The second-order valence-electron chi connectivity index (χ2n) is 7.93. The molecule has 5 aromatic rings. The number of halogens is 3. The summed E-state index contributed by atoms with van der Waals surface area (Å²) in [5.74, 6) is 1.24. The fourth-order valence-corrected chi connectivity index (χ4v) is 4.85. The molecule has 6 rings (SSSR count). The van der Waals surface area contributed by atoms with Crippen molar-refractivity contribution in [3.8, 4) is 28.2 Å². The van der Waals surface area contributed by atoms with E-state index >= 15 is 0 Å². The van der Waals surface area contributed by atoms with Gasteiger partial charge in [-0.05, 0) is 36.8 Å². The number of imidazole rings is 1. The minimum absolute atomic E-state index is 0.208. The molecule has 1 aromatic carbocycles. The van der Waals surface area contributed by atoms with E-state index in [0.717, 1.165) is 5.56 Å². The van der Waals surface area contributed by atoms with E-state index in [9.17, 15) is 4.79 Å². The van der Waals surface area contributed by atoms with Crippen LogP contribution in [0.4, 0.5) is 0 Å². The van der Waals surface area contributed by atoms with Crippen LogP contribution in [-0.2, 0) is 6.42 Å². The van der Waals surface area contributed by atoms with E-state index in [-0.39, 0.29) is 16.8 Å². The number of H-pyrrole nitrogens is 1. The molecule has 1 radical (unpaired) electrons. The number of benzene rings is 1. The molecule has 1 aliphatic heterocycles. The van der Waals surface area contributed by atoms with Crippen molar-refractivity contribution < 1.29 is 0 Å². The lowest BCUT2D eigenvalue weighted by molar-refractivity contribution is 0.568. The highest BCUT2D eigenvalue weighted by molar-refractivity contribution is 6.32. The van der Waals surface area contributed by atoms with E-state index in [4.69, 9.17) is 39.8 Å². The Hall–Kier alpha value is -3.53. The lowest BCUT2D eigenvalue weighted by Gasteiger charge is -2.14. The number of nitrogens with zero attached hydrogens (tertiary/aromatic N) is 7. The number of aromatic nitrogens is 8. The molecule has 35 heavy (non-hydrogen) atoms. The maximum absolute atomic E-state index is 13.3. The standard InChI is InChI=1S/C23H14Cl3N8O/c24-13-3-4-16(33-11-18(25)31-32-33)14(8-13)15-9-20(35)34-17(5-6-19(34)28-15)23-29-21(22(26)30-23)12-2-1-7-27-10-12/h1-4,8-11,17H,5-6H2,(H,29,30)/t17-/m0/s1. The fraction of sp³-hybridized carbons (Fsp3) is 0.130. The topological polar surface area (TPSA) is 107 Å². The van der Waals surface area contributed by atoms with Crippen molar-refractivity contribution in [2.75, 3.05) is 0 Å². The normalized spacial score (nSPS) is 14.9. The van der Waals surface area contributed by atoms with Crippen LogP contribution >= 0.6 is 34.8 Å². The van der Waals surface area contributed by atoms with Crippen LogP contribution in [0, 0.1) is 6.20 Å². The number of rotatable bonds is 4. The first-order chi connectivity index (χ1) is 17.0. The summed E-state index contributed by atoms with van der Waals surface area (Å²) in [5, 5.41) is 8.93. The maximum Gasteiger partial charge on any atom is 0.254 e. The number of nitrogens with one attached hydrogen (secondary N) is 1. The Kier molecular flexibility index (Phi) is 5.40. The molecule has 0 fully saturated rings. The first-order valence-corrected chi connectivity index (χ1v) is 11.7. The van der Waals surface area contributed by atoms with Gasteiger partial charge in [-0.3, -0.25) is 14.3 Å². The number of aromatic amines is 1.